The van der Waals surface area contributed by atoms with Gasteiger partial charge in [-0.1, -0.05) is 64.5 Å². The zero-order valence-electron chi connectivity index (χ0n) is 16.3. The minimum Gasteiger partial charge on any atom is -0.396 e. The van der Waals surface area contributed by atoms with Crippen molar-refractivity contribution in [2.75, 3.05) is 19.8 Å². The second-order valence-electron chi connectivity index (χ2n) is 6.56. The number of hydrogen-bond acceptors (Lipinski definition) is 3. The minimum atomic E-state index is 0.0174. The lowest BCUT2D eigenvalue weighted by atomic mass is 10.1. The van der Waals surface area contributed by atoms with E-state index in [2.05, 4.69) is 26.0 Å². The van der Waals surface area contributed by atoms with E-state index in [1.54, 1.807) is 0 Å². The summed E-state index contributed by atoms with van der Waals surface area (Å²) in [7, 11) is 0. The maximum absolute atomic E-state index is 8.67. The molecule has 0 saturated heterocycles. The maximum atomic E-state index is 8.67. The van der Waals surface area contributed by atoms with Crippen molar-refractivity contribution in [1.82, 2.24) is 0 Å². The van der Waals surface area contributed by atoms with E-state index < -0.39 is 0 Å². The summed E-state index contributed by atoms with van der Waals surface area (Å²) in [6.45, 7) is 6.17. The Bertz CT molecular complexity index is 245. The van der Waals surface area contributed by atoms with Crippen molar-refractivity contribution in [2.45, 2.75) is 104 Å². The molecule has 144 valence electrons. The Morgan fingerprint density at radius 2 is 1.21 bits per heavy atom. The number of aliphatic hydroxyl groups excluding tert-OH is 1. The standard InChI is InChI=1S/C21H42O3/c1-3-19-23-21(24-20-4-2)17-15-13-11-9-7-5-6-8-10-12-14-16-18-22/h12,14,21-22H,3-11,13,15-20H2,1-2H3/b14-12-. The summed E-state index contributed by atoms with van der Waals surface area (Å²) in [6, 6.07) is 0. The Kier molecular flexibility index (Phi) is 20.3. The maximum Gasteiger partial charge on any atom is 0.157 e. The molecule has 3 heteroatoms. The Morgan fingerprint density at radius 3 is 1.75 bits per heavy atom. The van der Waals surface area contributed by atoms with Crippen LogP contribution in [0.2, 0.25) is 0 Å². The zero-order valence-corrected chi connectivity index (χ0v) is 16.3. The molecule has 0 spiro atoms. The third-order valence-corrected chi connectivity index (χ3v) is 4.04. The molecule has 0 aromatic carbocycles. The molecule has 0 aromatic heterocycles. The van der Waals surface area contributed by atoms with Gasteiger partial charge in [-0.05, 0) is 44.9 Å². The predicted octanol–water partition coefficient (Wildman–Crippen LogP) is 6.01. The average Bonchev–Trinajstić information content (AvgIpc) is 2.60. The Morgan fingerprint density at radius 1 is 0.708 bits per heavy atom. The summed E-state index contributed by atoms with van der Waals surface area (Å²) in [5.74, 6) is 0. The van der Waals surface area contributed by atoms with Crippen LogP contribution in [0.4, 0.5) is 0 Å². The zero-order chi connectivity index (χ0) is 17.7. The van der Waals surface area contributed by atoms with Crippen LogP contribution in [0.25, 0.3) is 0 Å². The van der Waals surface area contributed by atoms with E-state index >= 15 is 0 Å². The van der Waals surface area contributed by atoms with Crippen molar-refractivity contribution >= 4 is 0 Å². The van der Waals surface area contributed by atoms with Crippen molar-refractivity contribution in [3.63, 3.8) is 0 Å². The number of unbranched alkanes of at least 4 members (excludes halogenated alkanes) is 8. The van der Waals surface area contributed by atoms with Crippen molar-refractivity contribution in [3.8, 4) is 0 Å². The van der Waals surface area contributed by atoms with Crippen molar-refractivity contribution in [2.24, 2.45) is 0 Å². The van der Waals surface area contributed by atoms with Crippen molar-refractivity contribution < 1.29 is 14.6 Å². The van der Waals surface area contributed by atoms with Gasteiger partial charge in [-0.25, -0.2) is 0 Å². The largest absolute Gasteiger partial charge is 0.396 e. The SMILES string of the molecule is CCCOC(CCCCCCCCCC/C=C\CCO)OCCC. The molecule has 0 fully saturated rings. The fourth-order valence-corrected chi connectivity index (χ4v) is 2.66. The molecular weight excluding hydrogens is 300 g/mol. The van der Waals surface area contributed by atoms with Crippen molar-refractivity contribution in [1.29, 1.82) is 0 Å². The van der Waals surface area contributed by atoms with E-state index in [-0.39, 0.29) is 12.9 Å². The summed E-state index contributed by atoms with van der Waals surface area (Å²) in [4.78, 5) is 0. The summed E-state index contributed by atoms with van der Waals surface area (Å²) in [5.41, 5.74) is 0. The molecule has 0 radical (unpaired) electrons. The van der Waals surface area contributed by atoms with E-state index in [4.69, 9.17) is 14.6 Å². The number of ether oxygens (including phenoxy) is 2. The third-order valence-electron chi connectivity index (χ3n) is 4.04. The third kappa shape index (κ3) is 18.0. The average molecular weight is 343 g/mol. The highest BCUT2D eigenvalue weighted by Crippen LogP contribution is 2.13. The molecule has 0 saturated carbocycles. The first-order valence-corrected chi connectivity index (χ1v) is 10.3. The molecule has 0 amide bonds. The van der Waals surface area contributed by atoms with Gasteiger partial charge in [0.2, 0.25) is 0 Å². The number of allylic oxidation sites excluding steroid dienone is 1. The topological polar surface area (TPSA) is 38.7 Å². The van der Waals surface area contributed by atoms with Crippen LogP contribution >= 0.6 is 0 Å². The summed E-state index contributed by atoms with van der Waals surface area (Å²) in [6.07, 6.45) is 20.0. The number of hydrogen-bond donors (Lipinski definition) is 1. The van der Waals surface area contributed by atoms with Gasteiger partial charge in [0.05, 0.1) is 0 Å². The predicted molar refractivity (Wildman–Crippen MR) is 103 cm³/mol. The van der Waals surface area contributed by atoms with Gasteiger partial charge in [-0.2, -0.15) is 0 Å². The second kappa shape index (κ2) is 20.7. The molecule has 0 atom stereocenters. The first-order valence-electron chi connectivity index (χ1n) is 10.3. The highest BCUT2D eigenvalue weighted by atomic mass is 16.7. The van der Waals surface area contributed by atoms with Crippen molar-refractivity contribution in [3.05, 3.63) is 12.2 Å². The van der Waals surface area contributed by atoms with Crippen LogP contribution in [0.1, 0.15) is 97.3 Å². The second-order valence-corrected chi connectivity index (χ2v) is 6.56. The molecule has 0 heterocycles. The molecule has 0 aromatic rings. The lowest BCUT2D eigenvalue weighted by molar-refractivity contribution is -0.146. The molecule has 24 heavy (non-hydrogen) atoms. The Hall–Kier alpha value is -0.380. The fraction of sp³-hybridized carbons (Fsp3) is 0.905. The van der Waals surface area contributed by atoms with Gasteiger partial charge < -0.3 is 14.6 Å². The molecule has 0 aliphatic rings. The molecule has 0 rings (SSSR count). The van der Waals surface area contributed by atoms with Gasteiger partial charge in [0, 0.05) is 19.8 Å². The smallest absolute Gasteiger partial charge is 0.157 e. The molecule has 3 nitrogen and oxygen atoms in total. The molecule has 0 aliphatic heterocycles. The number of aliphatic hydroxyl groups is 1. The quantitative estimate of drug-likeness (QED) is 0.178. The van der Waals surface area contributed by atoms with Gasteiger partial charge in [-0.3, -0.25) is 0 Å². The lowest BCUT2D eigenvalue weighted by Crippen LogP contribution is -2.18. The van der Waals surface area contributed by atoms with Crippen LogP contribution in [0.3, 0.4) is 0 Å². The summed E-state index contributed by atoms with van der Waals surface area (Å²) in [5, 5.41) is 8.67. The monoisotopic (exact) mass is 342 g/mol. The summed E-state index contributed by atoms with van der Waals surface area (Å²) < 4.78 is 11.5. The summed E-state index contributed by atoms with van der Waals surface area (Å²) >= 11 is 0. The molecular formula is C21H42O3. The first kappa shape index (κ1) is 23.6. The van der Waals surface area contributed by atoms with Crippen LogP contribution in [-0.2, 0) is 9.47 Å². The molecule has 0 bridgehead atoms. The van der Waals surface area contributed by atoms with E-state index in [0.717, 1.165) is 45.3 Å². The van der Waals surface area contributed by atoms with Crippen LogP contribution < -0.4 is 0 Å². The normalized spacial score (nSPS) is 11.8. The van der Waals surface area contributed by atoms with Gasteiger partial charge in [0.15, 0.2) is 6.29 Å². The number of rotatable bonds is 19. The van der Waals surface area contributed by atoms with Crippen LogP contribution in [0.15, 0.2) is 12.2 Å². The minimum absolute atomic E-state index is 0.0174. The molecule has 0 aliphatic carbocycles. The Balaban J connectivity index is 3.35. The van der Waals surface area contributed by atoms with Crippen LogP contribution in [0, 0.1) is 0 Å². The first-order chi connectivity index (χ1) is 11.8. The van der Waals surface area contributed by atoms with Gasteiger partial charge in [-0.15, -0.1) is 0 Å². The van der Waals surface area contributed by atoms with E-state index in [0.29, 0.717) is 0 Å². The van der Waals surface area contributed by atoms with Gasteiger partial charge in [0.1, 0.15) is 0 Å². The lowest BCUT2D eigenvalue weighted by Gasteiger charge is -2.18. The highest BCUT2D eigenvalue weighted by Gasteiger charge is 2.08. The Labute approximate surface area is 150 Å². The molecule has 0 unspecified atom stereocenters. The van der Waals surface area contributed by atoms with E-state index in [1.807, 2.05) is 0 Å². The van der Waals surface area contributed by atoms with Crippen LogP contribution in [-0.4, -0.2) is 31.2 Å². The van der Waals surface area contributed by atoms with E-state index in [1.165, 1.54) is 51.4 Å². The van der Waals surface area contributed by atoms with Gasteiger partial charge >= 0.3 is 0 Å². The van der Waals surface area contributed by atoms with Crippen LogP contribution in [0.5, 0.6) is 0 Å². The fourth-order valence-electron chi connectivity index (χ4n) is 2.66. The molecule has 1 N–H and O–H groups in total. The van der Waals surface area contributed by atoms with Gasteiger partial charge in [0.25, 0.3) is 0 Å². The van der Waals surface area contributed by atoms with E-state index in [9.17, 15) is 0 Å². The highest BCUT2D eigenvalue weighted by molar-refractivity contribution is 4.80.